The summed E-state index contributed by atoms with van der Waals surface area (Å²) in [5.74, 6) is -5.19. The van der Waals surface area contributed by atoms with Crippen molar-refractivity contribution in [2.45, 2.75) is 117 Å². The maximum Gasteiger partial charge on any atom is 0.334 e. The second kappa shape index (κ2) is 18.6. The minimum atomic E-state index is -1.54. The lowest BCUT2D eigenvalue weighted by atomic mass is 10.00. The van der Waals surface area contributed by atoms with E-state index in [0.717, 1.165) is 0 Å². The molecule has 2 fully saturated rings. The van der Waals surface area contributed by atoms with Gasteiger partial charge in [0.25, 0.3) is 11.8 Å². The molecule has 2 heterocycles. The molecule has 14 heteroatoms. The van der Waals surface area contributed by atoms with E-state index in [2.05, 4.69) is 23.8 Å². The molecule has 2 rings (SSSR count). The number of esters is 2. The molecule has 0 radical (unpaired) electrons. The quantitative estimate of drug-likeness (QED) is 0.174. The Balaban J connectivity index is 2.62. The topological polar surface area (TPSA) is 198 Å². The fourth-order valence-corrected chi connectivity index (χ4v) is 5.83. The number of hydrogen-bond donors (Lipinski definition) is 4. The highest BCUT2D eigenvalue weighted by atomic mass is 16.6. The van der Waals surface area contributed by atoms with Crippen LogP contribution in [0.4, 0.5) is 0 Å². The van der Waals surface area contributed by atoms with Crippen LogP contribution in [0.15, 0.2) is 35.8 Å². The number of hydrogen-bond acceptors (Lipinski definition) is 10. The smallest absolute Gasteiger partial charge is 0.334 e. The lowest BCUT2D eigenvalue weighted by Gasteiger charge is -2.34. The number of carbonyl (C=O) groups is 6. The van der Waals surface area contributed by atoms with E-state index >= 15 is 0 Å². The van der Waals surface area contributed by atoms with Crippen LogP contribution in [0.5, 0.6) is 0 Å². The standard InChI is InChI=1S/C35H55N5O9/c1-19(2)17-24-33(45)40-16-12-14-25(40)34(46)39(9)26(13-10-11-15-36)35(47)48-23(8)22(7)31(43)38-29(20(3)4)27(41)18-28(42)49-30(21(5)6)32(44)37-24/h19,21,24-27,30,41H,7-8,10-18,36H2,1-6,9H3,(H,37,44)(H,38,43)/t24-,25-,26-,27-,30-/m0/s1. The Bertz CT molecular complexity index is 1320. The predicted octanol–water partition coefficient (Wildman–Crippen LogP) is 1.82. The molecule has 2 aliphatic rings. The van der Waals surface area contributed by atoms with Gasteiger partial charge in [-0.05, 0) is 70.8 Å². The first-order valence-electron chi connectivity index (χ1n) is 16.9. The van der Waals surface area contributed by atoms with Crippen LogP contribution in [0, 0.1) is 11.8 Å². The van der Waals surface area contributed by atoms with Crippen molar-refractivity contribution < 1.29 is 43.3 Å². The summed E-state index contributed by atoms with van der Waals surface area (Å²) in [6.07, 6.45) is -1.09. The second-order valence-electron chi connectivity index (χ2n) is 13.7. The van der Waals surface area contributed by atoms with Gasteiger partial charge in [-0.25, -0.2) is 4.79 Å². The van der Waals surface area contributed by atoms with E-state index in [1.165, 1.54) is 16.8 Å². The Labute approximate surface area is 289 Å². The number of cyclic esters (lactones) is 2. The third-order valence-electron chi connectivity index (χ3n) is 8.60. The van der Waals surface area contributed by atoms with E-state index in [4.69, 9.17) is 15.2 Å². The van der Waals surface area contributed by atoms with Crippen LogP contribution < -0.4 is 16.4 Å². The summed E-state index contributed by atoms with van der Waals surface area (Å²) in [5, 5.41) is 16.2. The van der Waals surface area contributed by atoms with E-state index in [9.17, 15) is 33.9 Å². The molecule has 0 bridgehead atoms. The number of allylic oxidation sites excluding steroid dienone is 1. The molecular weight excluding hydrogens is 634 g/mol. The summed E-state index contributed by atoms with van der Waals surface area (Å²) >= 11 is 0. The van der Waals surface area contributed by atoms with Gasteiger partial charge in [-0.1, -0.05) is 46.4 Å². The third kappa shape index (κ3) is 11.2. The fourth-order valence-electron chi connectivity index (χ4n) is 5.83. The summed E-state index contributed by atoms with van der Waals surface area (Å²) < 4.78 is 11.0. The van der Waals surface area contributed by atoms with Crippen LogP contribution in [0.25, 0.3) is 0 Å². The van der Waals surface area contributed by atoms with Gasteiger partial charge in [0.1, 0.15) is 30.0 Å². The summed E-state index contributed by atoms with van der Waals surface area (Å²) in [4.78, 5) is 84.0. The van der Waals surface area contributed by atoms with Crippen LogP contribution in [-0.2, 0) is 38.2 Å². The van der Waals surface area contributed by atoms with Crippen molar-refractivity contribution in [2.24, 2.45) is 17.6 Å². The number of nitrogens with zero attached hydrogens (tertiary/aromatic N) is 2. The Morgan fingerprint density at radius 1 is 1.04 bits per heavy atom. The van der Waals surface area contributed by atoms with Crippen LogP contribution in [-0.4, -0.2) is 101 Å². The van der Waals surface area contributed by atoms with Crippen molar-refractivity contribution in [3.8, 4) is 0 Å². The van der Waals surface area contributed by atoms with Gasteiger partial charge in [0, 0.05) is 19.3 Å². The normalized spacial score (nSPS) is 25.9. The molecule has 0 spiro atoms. The van der Waals surface area contributed by atoms with Gasteiger partial charge in [0.15, 0.2) is 6.10 Å². The first-order valence-corrected chi connectivity index (χ1v) is 16.9. The molecule has 0 saturated carbocycles. The first kappa shape index (κ1) is 41.1. The second-order valence-corrected chi connectivity index (χ2v) is 13.7. The first-order chi connectivity index (χ1) is 22.9. The Hall–Kier alpha value is -4.04. The molecule has 49 heavy (non-hydrogen) atoms. The Kier molecular flexibility index (Phi) is 15.7. The van der Waals surface area contributed by atoms with Crippen molar-refractivity contribution >= 4 is 35.6 Å². The molecular formula is C35H55N5O9. The highest BCUT2D eigenvalue weighted by Gasteiger charge is 2.42. The Morgan fingerprint density at radius 2 is 1.69 bits per heavy atom. The van der Waals surface area contributed by atoms with Crippen LogP contribution >= 0.6 is 0 Å². The number of aliphatic hydroxyl groups excluding tert-OH is 1. The van der Waals surface area contributed by atoms with E-state index < -0.39 is 78.2 Å². The highest BCUT2D eigenvalue weighted by molar-refractivity contribution is 5.99. The number of unbranched alkanes of at least 4 members (excludes halogenated alkanes) is 1. The van der Waals surface area contributed by atoms with E-state index in [1.807, 2.05) is 13.8 Å². The lowest BCUT2D eigenvalue weighted by Crippen LogP contribution is -2.57. The van der Waals surface area contributed by atoms with Gasteiger partial charge >= 0.3 is 11.9 Å². The molecule has 5 N–H and O–H groups in total. The third-order valence-corrected chi connectivity index (χ3v) is 8.60. The summed E-state index contributed by atoms with van der Waals surface area (Å²) in [6, 6.07) is -3.04. The van der Waals surface area contributed by atoms with Crippen LogP contribution in [0.2, 0.25) is 0 Å². The monoisotopic (exact) mass is 689 g/mol. The number of amides is 4. The average Bonchev–Trinajstić information content (AvgIpc) is 3.51. The van der Waals surface area contributed by atoms with Crippen LogP contribution in [0.3, 0.4) is 0 Å². The molecule has 274 valence electrons. The van der Waals surface area contributed by atoms with Gasteiger partial charge in [0.2, 0.25) is 11.8 Å². The molecule has 0 aromatic heterocycles. The van der Waals surface area contributed by atoms with E-state index in [1.54, 1.807) is 27.7 Å². The number of nitrogens with one attached hydrogen (secondary N) is 2. The minimum absolute atomic E-state index is 0.0214. The van der Waals surface area contributed by atoms with Gasteiger partial charge in [-0.15, -0.1) is 0 Å². The van der Waals surface area contributed by atoms with Gasteiger partial charge < -0.3 is 40.7 Å². The number of carbonyl (C=O) groups excluding carboxylic acids is 6. The molecule has 2 saturated heterocycles. The Morgan fingerprint density at radius 3 is 2.27 bits per heavy atom. The number of rotatable bonds is 7. The summed E-state index contributed by atoms with van der Waals surface area (Å²) in [5.41, 5.74) is 5.78. The number of ether oxygens (including phenoxy) is 2. The van der Waals surface area contributed by atoms with Gasteiger partial charge in [0.05, 0.1) is 12.0 Å². The molecule has 5 atom stereocenters. The largest absolute Gasteiger partial charge is 0.452 e. The fraction of sp³-hybridized carbons (Fsp3) is 0.657. The number of aliphatic hydroxyl groups is 1. The number of likely N-dealkylation sites (N-methyl/N-ethyl adjacent to an activating group) is 1. The van der Waals surface area contributed by atoms with Crippen molar-refractivity contribution in [1.82, 2.24) is 20.4 Å². The minimum Gasteiger partial charge on any atom is -0.452 e. The number of nitrogens with two attached hydrogens (primary N) is 1. The van der Waals surface area contributed by atoms with Crippen molar-refractivity contribution in [3.63, 3.8) is 0 Å². The summed E-state index contributed by atoms with van der Waals surface area (Å²) in [6.45, 7) is 18.3. The molecule has 0 aliphatic carbocycles. The zero-order chi connectivity index (χ0) is 37.2. The van der Waals surface area contributed by atoms with Crippen molar-refractivity contribution in [2.75, 3.05) is 20.1 Å². The molecule has 0 aromatic rings. The van der Waals surface area contributed by atoms with Gasteiger partial charge in [-0.3, -0.25) is 24.0 Å². The van der Waals surface area contributed by atoms with E-state index in [-0.39, 0.29) is 42.3 Å². The average molecular weight is 690 g/mol. The summed E-state index contributed by atoms with van der Waals surface area (Å²) in [7, 11) is 1.45. The molecule has 2 aliphatic heterocycles. The maximum absolute atomic E-state index is 14.1. The van der Waals surface area contributed by atoms with E-state index in [0.29, 0.717) is 37.8 Å². The predicted molar refractivity (Wildman–Crippen MR) is 182 cm³/mol. The maximum atomic E-state index is 14.1. The van der Waals surface area contributed by atoms with Gasteiger partial charge in [-0.2, -0.15) is 0 Å². The lowest BCUT2D eigenvalue weighted by molar-refractivity contribution is -0.161. The molecule has 0 aromatic carbocycles. The SMILES string of the molecule is C=C1OC(=O)[C@H](CCCCN)N(C)C(=O)[C@@H]2CCCN2C(=O)[C@H](CC(C)C)NC(=O)[C@H](C(C)C)OC(=O)C[C@H](O)C(=C(C)C)NC(=O)C1=C. The molecule has 4 amide bonds. The zero-order valence-corrected chi connectivity index (χ0v) is 30.0. The highest BCUT2D eigenvalue weighted by Crippen LogP contribution is 2.25. The number of fused-ring (bicyclic) bond motifs is 1. The molecule has 14 nitrogen and oxygen atoms in total. The molecule has 0 unspecified atom stereocenters. The van der Waals surface area contributed by atoms with Crippen molar-refractivity contribution in [1.29, 1.82) is 0 Å². The van der Waals surface area contributed by atoms with Crippen molar-refractivity contribution in [3.05, 3.63) is 35.8 Å². The zero-order valence-electron chi connectivity index (χ0n) is 30.0. The van der Waals surface area contributed by atoms with Crippen LogP contribution in [0.1, 0.15) is 86.5 Å².